The molecule has 1 fully saturated rings. The van der Waals surface area contributed by atoms with Crippen LogP contribution in [0.2, 0.25) is 5.02 Å². The number of benzene rings is 1. The number of carbonyl (C=O) groups is 1. The lowest BCUT2D eigenvalue weighted by Gasteiger charge is -2.43. The molecule has 0 saturated heterocycles. The Kier molecular flexibility index (Phi) is 3.02. The first kappa shape index (κ1) is 12.5. The van der Waals surface area contributed by atoms with Gasteiger partial charge in [-0.1, -0.05) is 24.6 Å². The second-order valence-corrected chi connectivity index (χ2v) is 5.87. The number of carbonyl (C=O) groups excluding carboxylic acids is 1. The largest absolute Gasteiger partial charge is 0.380 e. The number of anilines is 1. The number of hydrogen-bond donors (Lipinski definition) is 2. The standard InChI is InChI=1S/C15H17ClN2O/c1-8-10-3-2-4-11(15(17)19)14(10)18-13-6-5-9(16)7-12(8)13/h5-7,10-11,14,18H,1-4H2,(H2,17,19)/t10-,11+,14-/m1/s1. The molecule has 3 N–H and O–H groups in total. The van der Waals surface area contributed by atoms with Crippen LogP contribution in [0.3, 0.4) is 0 Å². The first-order valence-corrected chi connectivity index (χ1v) is 7.00. The zero-order valence-corrected chi connectivity index (χ0v) is 11.4. The summed E-state index contributed by atoms with van der Waals surface area (Å²) in [6.45, 7) is 4.22. The third-order valence-corrected chi connectivity index (χ3v) is 4.60. The highest BCUT2D eigenvalue weighted by molar-refractivity contribution is 6.30. The molecule has 100 valence electrons. The summed E-state index contributed by atoms with van der Waals surface area (Å²) in [5.74, 6) is -0.0519. The summed E-state index contributed by atoms with van der Waals surface area (Å²) >= 11 is 6.05. The highest BCUT2D eigenvalue weighted by Gasteiger charge is 2.41. The number of halogens is 1. The third-order valence-electron chi connectivity index (χ3n) is 4.36. The molecular weight excluding hydrogens is 260 g/mol. The smallest absolute Gasteiger partial charge is 0.222 e. The van der Waals surface area contributed by atoms with Crippen LogP contribution in [0, 0.1) is 11.8 Å². The van der Waals surface area contributed by atoms with Crippen LogP contribution < -0.4 is 11.1 Å². The summed E-state index contributed by atoms with van der Waals surface area (Å²) in [5.41, 5.74) is 8.68. The molecule has 19 heavy (non-hydrogen) atoms. The predicted molar refractivity (Wildman–Crippen MR) is 77.9 cm³/mol. The highest BCUT2D eigenvalue weighted by Crippen LogP contribution is 2.45. The molecule has 0 unspecified atom stereocenters. The quantitative estimate of drug-likeness (QED) is 0.828. The molecule has 0 bridgehead atoms. The number of primary amides is 1. The second kappa shape index (κ2) is 4.57. The summed E-state index contributed by atoms with van der Waals surface area (Å²) < 4.78 is 0. The maximum Gasteiger partial charge on any atom is 0.222 e. The van der Waals surface area contributed by atoms with Crippen molar-refractivity contribution in [3.63, 3.8) is 0 Å². The number of nitrogens with one attached hydrogen (secondary N) is 1. The van der Waals surface area contributed by atoms with Gasteiger partial charge in [-0.25, -0.2) is 0 Å². The molecule has 4 heteroatoms. The van der Waals surface area contributed by atoms with E-state index in [0.717, 1.165) is 36.1 Å². The van der Waals surface area contributed by atoms with Gasteiger partial charge in [-0.05, 0) is 36.6 Å². The molecule has 0 aromatic heterocycles. The van der Waals surface area contributed by atoms with Gasteiger partial charge in [0.05, 0.1) is 5.92 Å². The molecular formula is C15H17ClN2O. The Hall–Kier alpha value is -1.48. The number of fused-ring (bicyclic) bond motifs is 2. The van der Waals surface area contributed by atoms with Crippen molar-refractivity contribution in [3.05, 3.63) is 35.4 Å². The lowest BCUT2D eigenvalue weighted by Crippen LogP contribution is -2.47. The topological polar surface area (TPSA) is 55.1 Å². The van der Waals surface area contributed by atoms with Crippen molar-refractivity contribution >= 4 is 28.8 Å². The average molecular weight is 277 g/mol. The van der Waals surface area contributed by atoms with E-state index in [2.05, 4.69) is 11.9 Å². The lowest BCUT2D eigenvalue weighted by molar-refractivity contribution is -0.123. The fraction of sp³-hybridized carbons (Fsp3) is 0.400. The van der Waals surface area contributed by atoms with Crippen LogP contribution in [0.25, 0.3) is 5.57 Å². The first-order valence-electron chi connectivity index (χ1n) is 6.62. The summed E-state index contributed by atoms with van der Waals surface area (Å²) in [6.07, 6.45) is 2.93. The van der Waals surface area contributed by atoms with Crippen LogP contribution in [-0.4, -0.2) is 11.9 Å². The van der Waals surface area contributed by atoms with E-state index < -0.39 is 0 Å². The Morgan fingerprint density at radius 2 is 2.21 bits per heavy atom. The molecule has 1 aromatic rings. The third kappa shape index (κ3) is 2.02. The Morgan fingerprint density at radius 3 is 2.95 bits per heavy atom. The molecule has 1 aliphatic carbocycles. The summed E-state index contributed by atoms with van der Waals surface area (Å²) in [7, 11) is 0. The van der Waals surface area contributed by atoms with E-state index in [1.54, 1.807) is 0 Å². The summed E-state index contributed by atoms with van der Waals surface area (Å²) in [6, 6.07) is 5.82. The number of nitrogens with two attached hydrogens (primary N) is 1. The molecule has 2 aliphatic rings. The van der Waals surface area contributed by atoms with Crippen LogP contribution in [0.5, 0.6) is 0 Å². The van der Waals surface area contributed by atoms with Gasteiger partial charge >= 0.3 is 0 Å². The van der Waals surface area contributed by atoms with Gasteiger partial charge < -0.3 is 11.1 Å². The predicted octanol–water partition coefficient (Wildman–Crippen LogP) is 3.05. The number of amides is 1. The van der Waals surface area contributed by atoms with E-state index >= 15 is 0 Å². The van der Waals surface area contributed by atoms with E-state index in [1.807, 2.05) is 18.2 Å². The van der Waals surface area contributed by atoms with E-state index in [4.69, 9.17) is 17.3 Å². The Labute approximate surface area is 117 Å². The molecule has 1 aliphatic heterocycles. The SMILES string of the molecule is C=C1c2cc(Cl)ccc2N[C@@H]2[C@@H]1CCC[C@@H]2C(N)=O. The van der Waals surface area contributed by atoms with E-state index in [0.29, 0.717) is 5.02 Å². The van der Waals surface area contributed by atoms with Gasteiger partial charge in [-0.2, -0.15) is 0 Å². The van der Waals surface area contributed by atoms with Crippen LogP contribution in [0.15, 0.2) is 24.8 Å². The minimum absolute atomic E-state index is 0.0763. The zero-order chi connectivity index (χ0) is 13.6. The molecule has 0 radical (unpaired) electrons. The van der Waals surface area contributed by atoms with Crippen molar-refractivity contribution < 1.29 is 4.79 Å². The number of rotatable bonds is 1. The van der Waals surface area contributed by atoms with Gasteiger partial charge in [0, 0.05) is 28.2 Å². The van der Waals surface area contributed by atoms with Gasteiger partial charge in [0.15, 0.2) is 0 Å². The van der Waals surface area contributed by atoms with Gasteiger partial charge in [-0.3, -0.25) is 4.79 Å². The fourth-order valence-corrected chi connectivity index (χ4v) is 3.57. The highest BCUT2D eigenvalue weighted by atomic mass is 35.5. The zero-order valence-electron chi connectivity index (χ0n) is 10.7. The van der Waals surface area contributed by atoms with Gasteiger partial charge in [0.2, 0.25) is 5.91 Å². The molecule has 3 rings (SSSR count). The maximum absolute atomic E-state index is 11.6. The molecule has 1 amide bonds. The van der Waals surface area contributed by atoms with E-state index in [-0.39, 0.29) is 23.8 Å². The van der Waals surface area contributed by atoms with Crippen LogP contribution in [-0.2, 0) is 4.79 Å². The lowest BCUT2D eigenvalue weighted by atomic mass is 9.70. The molecule has 0 spiro atoms. The van der Waals surface area contributed by atoms with E-state index in [1.165, 1.54) is 0 Å². The van der Waals surface area contributed by atoms with Crippen molar-refractivity contribution in [2.75, 3.05) is 5.32 Å². The van der Waals surface area contributed by atoms with Crippen molar-refractivity contribution in [2.24, 2.45) is 17.6 Å². The van der Waals surface area contributed by atoms with Gasteiger partial charge in [0.1, 0.15) is 0 Å². The second-order valence-electron chi connectivity index (χ2n) is 5.43. The summed E-state index contributed by atoms with van der Waals surface area (Å²) in [5, 5.41) is 4.18. The molecule has 1 aromatic carbocycles. The average Bonchev–Trinajstić information content (AvgIpc) is 2.39. The van der Waals surface area contributed by atoms with Crippen molar-refractivity contribution in [3.8, 4) is 0 Å². The van der Waals surface area contributed by atoms with Gasteiger partial charge in [-0.15, -0.1) is 0 Å². The summed E-state index contributed by atoms with van der Waals surface area (Å²) in [4.78, 5) is 11.6. The number of hydrogen-bond acceptors (Lipinski definition) is 2. The minimum atomic E-state index is -0.215. The van der Waals surface area contributed by atoms with Gasteiger partial charge in [0.25, 0.3) is 0 Å². The molecule has 3 nitrogen and oxygen atoms in total. The van der Waals surface area contributed by atoms with Crippen molar-refractivity contribution in [2.45, 2.75) is 25.3 Å². The van der Waals surface area contributed by atoms with Crippen LogP contribution in [0.1, 0.15) is 24.8 Å². The molecule has 1 heterocycles. The maximum atomic E-state index is 11.6. The monoisotopic (exact) mass is 276 g/mol. The van der Waals surface area contributed by atoms with Crippen molar-refractivity contribution in [1.29, 1.82) is 0 Å². The van der Waals surface area contributed by atoms with Crippen LogP contribution in [0.4, 0.5) is 5.69 Å². The first-order chi connectivity index (χ1) is 9.08. The van der Waals surface area contributed by atoms with E-state index in [9.17, 15) is 4.79 Å². The fourth-order valence-electron chi connectivity index (χ4n) is 3.40. The molecule has 3 atom stereocenters. The molecule has 1 saturated carbocycles. The Morgan fingerprint density at radius 1 is 1.42 bits per heavy atom. The Bertz CT molecular complexity index is 555. The normalized spacial score (nSPS) is 29.1. The van der Waals surface area contributed by atoms with Crippen molar-refractivity contribution in [1.82, 2.24) is 0 Å². The van der Waals surface area contributed by atoms with Crippen LogP contribution >= 0.6 is 11.6 Å². The Balaban J connectivity index is 2.02. The minimum Gasteiger partial charge on any atom is -0.380 e.